The summed E-state index contributed by atoms with van der Waals surface area (Å²) >= 11 is 0. The van der Waals surface area contributed by atoms with E-state index in [4.69, 9.17) is 0 Å². The monoisotopic (exact) mass is 314 g/mol. The number of aromatic nitrogens is 2. The molecule has 5 heteroatoms. The lowest BCUT2D eigenvalue weighted by Crippen LogP contribution is -2.38. The number of hydrogen-bond acceptors (Lipinski definition) is 4. The Bertz CT molecular complexity index is 612. The smallest absolute Gasteiger partial charge is 0.0682 e. The zero-order chi connectivity index (χ0) is 16.2. The predicted molar refractivity (Wildman–Crippen MR) is 90.9 cm³/mol. The number of hydrogen-bond donors (Lipinski definition) is 2. The van der Waals surface area contributed by atoms with Crippen LogP contribution < -0.4 is 5.32 Å². The molecule has 0 aliphatic carbocycles. The highest BCUT2D eigenvalue weighted by atomic mass is 16.3. The maximum Gasteiger partial charge on any atom is 0.0682 e. The molecule has 1 saturated heterocycles. The number of likely N-dealkylation sites (tertiary alicyclic amines) is 1. The SMILES string of the molecule is C[C@H](NC[C@H]1C[C@@H](O)CN1Cc1ccccc1)c1cnn(C)c1. The van der Waals surface area contributed by atoms with Gasteiger partial charge in [-0.1, -0.05) is 30.3 Å². The topological polar surface area (TPSA) is 53.3 Å². The van der Waals surface area contributed by atoms with E-state index in [1.165, 1.54) is 11.1 Å². The van der Waals surface area contributed by atoms with Crippen LogP contribution in [0.5, 0.6) is 0 Å². The number of nitrogens with zero attached hydrogens (tertiary/aromatic N) is 3. The Hall–Kier alpha value is -1.69. The average Bonchev–Trinajstić information content (AvgIpc) is 3.12. The van der Waals surface area contributed by atoms with Gasteiger partial charge in [-0.05, 0) is 18.9 Å². The predicted octanol–water partition coefficient (Wildman–Crippen LogP) is 1.71. The highest BCUT2D eigenvalue weighted by Crippen LogP contribution is 2.21. The molecule has 0 bridgehead atoms. The molecule has 0 radical (unpaired) electrons. The summed E-state index contributed by atoms with van der Waals surface area (Å²) < 4.78 is 1.83. The second kappa shape index (κ2) is 7.25. The molecule has 0 saturated carbocycles. The van der Waals surface area contributed by atoms with Crippen molar-refractivity contribution in [2.24, 2.45) is 7.05 Å². The van der Waals surface area contributed by atoms with Crippen molar-refractivity contribution in [1.82, 2.24) is 20.0 Å². The molecule has 0 unspecified atom stereocenters. The molecule has 1 aliphatic heterocycles. The molecule has 2 N–H and O–H groups in total. The van der Waals surface area contributed by atoms with Crippen molar-refractivity contribution in [3.8, 4) is 0 Å². The van der Waals surface area contributed by atoms with E-state index in [9.17, 15) is 5.11 Å². The molecule has 1 aromatic carbocycles. The van der Waals surface area contributed by atoms with Crippen molar-refractivity contribution in [3.63, 3.8) is 0 Å². The lowest BCUT2D eigenvalue weighted by Gasteiger charge is -2.26. The Morgan fingerprint density at radius 1 is 1.35 bits per heavy atom. The van der Waals surface area contributed by atoms with Gasteiger partial charge in [0.15, 0.2) is 0 Å². The summed E-state index contributed by atoms with van der Waals surface area (Å²) in [6.07, 6.45) is 4.56. The minimum Gasteiger partial charge on any atom is -0.392 e. The summed E-state index contributed by atoms with van der Waals surface area (Å²) in [5.74, 6) is 0. The zero-order valence-corrected chi connectivity index (χ0v) is 13.9. The molecule has 1 fully saturated rings. The van der Waals surface area contributed by atoms with Crippen LogP contribution >= 0.6 is 0 Å². The molecule has 23 heavy (non-hydrogen) atoms. The van der Waals surface area contributed by atoms with E-state index in [1.807, 2.05) is 30.2 Å². The molecule has 3 rings (SSSR count). The summed E-state index contributed by atoms with van der Waals surface area (Å²) in [6.45, 7) is 4.68. The zero-order valence-electron chi connectivity index (χ0n) is 13.9. The molecule has 3 atom stereocenters. The van der Waals surface area contributed by atoms with Gasteiger partial charge >= 0.3 is 0 Å². The van der Waals surface area contributed by atoms with Crippen LogP contribution in [0.4, 0.5) is 0 Å². The average molecular weight is 314 g/mol. The Balaban J connectivity index is 1.57. The quantitative estimate of drug-likeness (QED) is 0.852. The van der Waals surface area contributed by atoms with Crippen LogP contribution in [-0.2, 0) is 13.6 Å². The van der Waals surface area contributed by atoms with Crippen LogP contribution in [0.2, 0.25) is 0 Å². The van der Waals surface area contributed by atoms with Crippen LogP contribution in [0, 0.1) is 0 Å². The molecule has 1 aliphatic rings. The van der Waals surface area contributed by atoms with Gasteiger partial charge in [0.05, 0.1) is 12.3 Å². The van der Waals surface area contributed by atoms with Crippen LogP contribution in [0.1, 0.15) is 30.5 Å². The third-order valence-electron chi connectivity index (χ3n) is 4.62. The Morgan fingerprint density at radius 3 is 2.83 bits per heavy atom. The van der Waals surface area contributed by atoms with Crippen LogP contribution in [0.3, 0.4) is 0 Å². The molecule has 0 spiro atoms. The van der Waals surface area contributed by atoms with E-state index in [0.717, 1.165) is 26.1 Å². The third kappa shape index (κ3) is 4.19. The van der Waals surface area contributed by atoms with Crippen molar-refractivity contribution >= 4 is 0 Å². The maximum absolute atomic E-state index is 10.1. The van der Waals surface area contributed by atoms with Gasteiger partial charge in [-0.3, -0.25) is 9.58 Å². The minimum atomic E-state index is -0.223. The first-order chi connectivity index (χ1) is 11.1. The number of benzene rings is 1. The second-order valence-electron chi connectivity index (χ2n) is 6.54. The van der Waals surface area contributed by atoms with Gasteiger partial charge in [0, 0.05) is 50.5 Å². The van der Waals surface area contributed by atoms with Gasteiger partial charge in [0.25, 0.3) is 0 Å². The summed E-state index contributed by atoms with van der Waals surface area (Å²) in [4.78, 5) is 2.38. The van der Waals surface area contributed by atoms with E-state index < -0.39 is 0 Å². The standard InChI is InChI=1S/C18H26N4O/c1-14(16-9-20-21(2)12-16)19-10-17-8-18(23)13-22(17)11-15-6-4-3-5-7-15/h3-7,9,12,14,17-19,23H,8,10-11,13H2,1-2H3/t14-,17+,18+/m0/s1. The normalized spacial score (nSPS) is 23.3. The minimum absolute atomic E-state index is 0.223. The number of nitrogens with one attached hydrogen (secondary N) is 1. The second-order valence-corrected chi connectivity index (χ2v) is 6.54. The lowest BCUT2D eigenvalue weighted by atomic mass is 10.1. The molecule has 1 aromatic heterocycles. The third-order valence-corrected chi connectivity index (χ3v) is 4.62. The van der Waals surface area contributed by atoms with Crippen molar-refractivity contribution in [1.29, 1.82) is 0 Å². The van der Waals surface area contributed by atoms with Gasteiger partial charge in [-0.15, -0.1) is 0 Å². The van der Waals surface area contributed by atoms with E-state index >= 15 is 0 Å². The first-order valence-electron chi connectivity index (χ1n) is 8.30. The Morgan fingerprint density at radius 2 is 2.13 bits per heavy atom. The van der Waals surface area contributed by atoms with E-state index in [2.05, 4.69) is 46.5 Å². The number of aliphatic hydroxyl groups is 1. The van der Waals surface area contributed by atoms with Gasteiger partial charge in [-0.25, -0.2) is 0 Å². The first kappa shape index (κ1) is 16.2. The number of aryl methyl sites for hydroxylation is 1. The fourth-order valence-corrected chi connectivity index (χ4v) is 3.28. The summed E-state index contributed by atoms with van der Waals surface area (Å²) in [7, 11) is 1.94. The van der Waals surface area contributed by atoms with Crippen LogP contribution in [0.25, 0.3) is 0 Å². The Labute approximate surface area is 137 Å². The highest BCUT2D eigenvalue weighted by Gasteiger charge is 2.30. The summed E-state index contributed by atoms with van der Waals surface area (Å²) in [6, 6.07) is 11.1. The van der Waals surface area contributed by atoms with Crippen molar-refractivity contribution < 1.29 is 5.11 Å². The molecule has 5 nitrogen and oxygen atoms in total. The largest absolute Gasteiger partial charge is 0.392 e. The molecule has 2 aromatic rings. The van der Waals surface area contributed by atoms with Crippen LogP contribution in [-0.4, -0.2) is 45.0 Å². The van der Waals surface area contributed by atoms with E-state index in [1.54, 1.807) is 0 Å². The van der Waals surface area contributed by atoms with Crippen molar-refractivity contribution in [3.05, 3.63) is 53.9 Å². The van der Waals surface area contributed by atoms with Gasteiger partial charge < -0.3 is 10.4 Å². The molecular weight excluding hydrogens is 288 g/mol. The van der Waals surface area contributed by atoms with Gasteiger partial charge in [0.1, 0.15) is 0 Å². The van der Waals surface area contributed by atoms with E-state index in [-0.39, 0.29) is 12.1 Å². The van der Waals surface area contributed by atoms with Gasteiger partial charge in [0.2, 0.25) is 0 Å². The van der Waals surface area contributed by atoms with E-state index in [0.29, 0.717) is 6.04 Å². The Kier molecular flexibility index (Phi) is 5.10. The van der Waals surface area contributed by atoms with Crippen molar-refractivity contribution in [2.75, 3.05) is 13.1 Å². The summed E-state index contributed by atoms with van der Waals surface area (Å²) in [5.41, 5.74) is 2.49. The fraction of sp³-hybridized carbons (Fsp3) is 0.500. The molecular formula is C18H26N4O. The number of β-amino-alcohol motifs (C(OH)–C–C–N with tert-alkyl or cyclic N) is 1. The van der Waals surface area contributed by atoms with Crippen LogP contribution in [0.15, 0.2) is 42.7 Å². The van der Waals surface area contributed by atoms with Gasteiger partial charge in [-0.2, -0.15) is 5.10 Å². The molecule has 124 valence electrons. The molecule has 2 heterocycles. The fourth-order valence-electron chi connectivity index (χ4n) is 3.28. The highest BCUT2D eigenvalue weighted by molar-refractivity contribution is 5.15. The summed E-state index contributed by atoms with van der Waals surface area (Å²) in [5, 5.41) is 17.9. The van der Waals surface area contributed by atoms with Crippen molar-refractivity contribution in [2.45, 2.75) is 38.1 Å². The lowest BCUT2D eigenvalue weighted by molar-refractivity contribution is 0.172. The number of aliphatic hydroxyl groups excluding tert-OH is 1. The first-order valence-corrected chi connectivity index (χ1v) is 8.30. The number of rotatable bonds is 6. The maximum atomic E-state index is 10.1. The molecule has 0 amide bonds.